The molecule has 2 aliphatic rings. The lowest BCUT2D eigenvalue weighted by atomic mass is 9.35. The van der Waals surface area contributed by atoms with Crippen molar-refractivity contribution in [1.29, 1.82) is 0 Å². The second-order valence-electron chi connectivity index (χ2n) is 9.95. The van der Waals surface area contributed by atoms with Crippen LogP contribution in [-0.4, -0.2) is 21.3 Å². The lowest BCUT2D eigenvalue weighted by Crippen LogP contribution is -2.87. The standard InChI is InChI=1S/C33H28BNSi/c1-2-24-35-29-20-11-9-18-27(29)34-28-19-10-12-22-31(28)36(25-14-5-3-6-15-25,26-16-7-4-8-17-26)32-23-13-21-30(35)33(32)34/h3-23H,2,24H2,1H3. The number of anilines is 2. The molecule has 5 aromatic rings. The van der Waals surface area contributed by atoms with Crippen LogP contribution in [0.1, 0.15) is 13.3 Å². The Balaban J connectivity index is 1.67. The van der Waals surface area contributed by atoms with Crippen LogP contribution in [0, 0.1) is 0 Å². The van der Waals surface area contributed by atoms with E-state index in [4.69, 9.17) is 0 Å². The predicted octanol–water partition coefficient (Wildman–Crippen LogP) is 2.76. The molecule has 7 rings (SSSR count). The molecule has 172 valence electrons. The van der Waals surface area contributed by atoms with Crippen LogP contribution in [0.25, 0.3) is 0 Å². The maximum atomic E-state index is 2.58. The van der Waals surface area contributed by atoms with Gasteiger partial charge in [-0.25, -0.2) is 0 Å². The van der Waals surface area contributed by atoms with Gasteiger partial charge in [0.25, 0.3) is 0 Å². The maximum Gasteiger partial charge on any atom is 0.246 e. The normalized spacial score (nSPS) is 14.6. The van der Waals surface area contributed by atoms with Crippen molar-refractivity contribution in [3.8, 4) is 0 Å². The summed E-state index contributed by atoms with van der Waals surface area (Å²) in [6, 6.07) is 48.2. The minimum absolute atomic E-state index is 0.254. The Morgan fingerprint density at radius 3 is 1.81 bits per heavy atom. The number of rotatable bonds is 4. The number of hydrogen-bond acceptors (Lipinski definition) is 1. The van der Waals surface area contributed by atoms with E-state index in [9.17, 15) is 0 Å². The highest BCUT2D eigenvalue weighted by Gasteiger charge is 2.52. The first-order valence-corrected chi connectivity index (χ1v) is 15.1. The molecule has 1 nitrogen and oxygen atoms in total. The first kappa shape index (κ1) is 21.5. The first-order valence-electron chi connectivity index (χ1n) is 13.1. The molecule has 0 N–H and O–H groups in total. The molecule has 0 spiro atoms. The van der Waals surface area contributed by atoms with Crippen molar-refractivity contribution in [2.45, 2.75) is 13.3 Å². The van der Waals surface area contributed by atoms with Crippen molar-refractivity contribution in [2.24, 2.45) is 0 Å². The summed E-state index contributed by atoms with van der Waals surface area (Å²) < 4.78 is 0. The summed E-state index contributed by atoms with van der Waals surface area (Å²) >= 11 is 0. The highest BCUT2D eigenvalue weighted by molar-refractivity contribution is 7.26. The van der Waals surface area contributed by atoms with E-state index in [0.29, 0.717) is 0 Å². The average molecular weight is 477 g/mol. The van der Waals surface area contributed by atoms with E-state index in [1.165, 1.54) is 48.5 Å². The van der Waals surface area contributed by atoms with Crippen LogP contribution in [0.4, 0.5) is 11.4 Å². The lowest BCUT2D eigenvalue weighted by Gasteiger charge is -2.47. The second-order valence-corrected chi connectivity index (χ2v) is 13.7. The van der Waals surface area contributed by atoms with Gasteiger partial charge in [-0.1, -0.05) is 128 Å². The van der Waals surface area contributed by atoms with Gasteiger partial charge in [-0.05, 0) is 50.2 Å². The van der Waals surface area contributed by atoms with Crippen LogP contribution in [0.2, 0.25) is 0 Å². The molecular formula is C33H28BNSi. The minimum Gasteiger partial charge on any atom is -0.342 e. The van der Waals surface area contributed by atoms with Gasteiger partial charge in [0.1, 0.15) is 0 Å². The molecule has 0 fully saturated rings. The zero-order valence-corrected chi connectivity index (χ0v) is 21.6. The molecule has 0 saturated carbocycles. The van der Waals surface area contributed by atoms with Crippen molar-refractivity contribution in [3.05, 3.63) is 127 Å². The van der Waals surface area contributed by atoms with Gasteiger partial charge < -0.3 is 4.90 Å². The summed E-state index contributed by atoms with van der Waals surface area (Å²) in [5.74, 6) is 0. The van der Waals surface area contributed by atoms with E-state index in [1.54, 1.807) is 0 Å². The minimum atomic E-state index is -2.53. The highest BCUT2D eigenvalue weighted by Crippen LogP contribution is 2.29. The summed E-state index contributed by atoms with van der Waals surface area (Å²) in [6.45, 7) is 3.56. The van der Waals surface area contributed by atoms with Crippen LogP contribution < -0.4 is 42.0 Å². The summed E-state index contributed by atoms with van der Waals surface area (Å²) in [6.07, 6.45) is 1.11. The monoisotopic (exact) mass is 477 g/mol. The van der Waals surface area contributed by atoms with Crippen LogP contribution in [0.5, 0.6) is 0 Å². The van der Waals surface area contributed by atoms with Crippen LogP contribution in [-0.2, 0) is 0 Å². The van der Waals surface area contributed by atoms with Crippen molar-refractivity contribution >= 4 is 63.3 Å². The Kier molecular flexibility index (Phi) is 5.00. The molecule has 2 aliphatic heterocycles. The first-order chi connectivity index (χ1) is 17.9. The topological polar surface area (TPSA) is 3.24 Å². The number of para-hydroxylation sites is 1. The maximum absolute atomic E-state index is 2.58. The van der Waals surface area contributed by atoms with Gasteiger partial charge in [-0.15, -0.1) is 0 Å². The third kappa shape index (κ3) is 2.84. The number of benzene rings is 5. The summed E-state index contributed by atoms with van der Waals surface area (Å²) in [5.41, 5.74) is 7.17. The molecule has 0 aliphatic carbocycles. The molecule has 3 heteroatoms. The Hall–Kier alpha value is -3.82. The predicted molar refractivity (Wildman–Crippen MR) is 158 cm³/mol. The Morgan fingerprint density at radius 1 is 0.556 bits per heavy atom. The smallest absolute Gasteiger partial charge is 0.246 e. The van der Waals surface area contributed by atoms with Gasteiger partial charge in [-0.3, -0.25) is 0 Å². The molecular weight excluding hydrogens is 449 g/mol. The van der Waals surface area contributed by atoms with E-state index in [2.05, 4.69) is 139 Å². The largest absolute Gasteiger partial charge is 0.342 e. The Morgan fingerprint density at radius 2 is 1.11 bits per heavy atom. The molecule has 0 radical (unpaired) electrons. The van der Waals surface area contributed by atoms with Gasteiger partial charge in [-0.2, -0.15) is 0 Å². The van der Waals surface area contributed by atoms with Crippen molar-refractivity contribution in [3.63, 3.8) is 0 Å². The van der Waals surface area contributed by atoms with E-state index < -0.39 is 8.07 Å². The molecule has 0 atom stereocenters. The molecule has 5 aromatic carbocycles. The van der Waals surface area contributed by atoms with Gasteiger partial charge >= 0.3 is 0 Å². The summed E-state index contributed by atoms with van der Waals surface area (Å²) in [4.78, 5) is 2.58. The number of fused-ring (bicyclic) bond motifs is 4. The number of hydrogen-bond donors (Lipinski definition) is 0. The second kappa shape index (κ2) is 8.39. The van der Waals surface area contributed by atoms with Crippen LogP contribution in [0.3, 0.4) is 0 Å². The zero-order valence-electron chi connectivity index (χ0n) is 20.6. The molecule has 0 bridgehead atoms. The van der Waals surface area contributed by atoms with E-state index in [-0.39, 0.29) is 6.71 Å². The van der Waals surface area contributed by atoms with E-state index in [0.717, 1.165) is 13.0 Å². The quantitative estimate of drug-likeness (QED) is 0.353. The molecule has 0 amide bonds. The fraction of sp³-hybridized carbons (Fsp3) is 0.0909. The third-order valence-electron chi connectivity index (χ3n) is 8.14. The molecule has 0 aromatic heterocycles. The van der Waals surface area contributed by atoms with Crippen LogP contribution in [0.15, 0.2) is 127 Å². The molecule has 36 heavy (non-hydrogen) atoms. The zero-order chi connectivity index (χ0) is 24.1. The van der Waals surface area contributed by atoms with Crippen molar-refractivity contribution in [2.75, 3.05) is 11.4 Å². The van der Waals surface area contributed by atoms with Gasteiger partial charge in [0.15, 0.2) is 8.07 Å². The van der Waals surface area contributed by atoms with E-state index >= 15 is 0 Å². The number of nitrogens with zero attached hydrogens (tertiary/aromatic N) is 1. The fourth-order valence-corrected chi connectivity index (χ4v) is 12.2. The van der Waals surface area contributed by atoms with E-state index in [1.807, 2.05) is 0 Å². The highest BCUT2D eigenvalue weighted by atomic mass is 28.3. The summed E-state index contributed by atoms with van der Waals surface area (Å²) in [5, 5.41) is 5.97. The Bertz CT molecular complexity index is 1520. The molecule has 0 unspecified atom stereocenters. The van der Waals surface area contributed by atoms with Crippen molar-refractivity contribution in [1.82, 2.24) is 0 Å². The van der Waals surface area contributed by atoms with Gasteiger partial charge in [0.2, 0.25) is 6.71 Å². The third-order valence-corrected chi connectivity index (χ3v) is 13.0. The van der Waals surface area contributed by atoms with Crippen LogP contribution >= 0.6 is 0 Å². The molecule has 2 heterocycles. The fourth-order valence-electron chi connectivity index (χ4n) is 6.87. The van der Waals surface area contributed by atoms with Gasteiger partial charge in [0.05, 0.1) is 0 Å². The average Bonchev–Trinajstić information content (AvgIpc) is 2.95. The SMILES string of the molecule is CCCN1c2ccccc2B2c3ccccc3[Si](c3ccccc3)(c3ccccc3)c3cccc1c32. The Labute approximate surface area is 215 Å². The lowest BCUT2D eigenvalue weighted by molar-refractivity contribution is 0.888. The van der Waals surface area contributed by atoms with Gasteiger partial charge in [0, 0.05) is 17.9 Å². The van der Waals surface area contributed by atoms with Crippen molar-refractivity contribution < 1.29 is 0 Å². The summed E-state index contributed by atoms with van der Waals surface area (Å²) in [7, 11) is -2.53. The molecule has 0 saturated heterocycles.